The lowest BCUT2D eigenvalue weighted by molar-refractivity contribution is 0.102. The molecule has 0 spiro atoms. The molecular weight excluding hydrogens is 406 g/mol. The molecule has 4 nitrogen and oxygen atoms in total. The average Bonchev–Trinajstić information content (AvgIpc) is 2.69. The summed E-state index contributed by atoms with van der Waals surface area (Å²) in [4.78, 5) is 11.9. The van der Waals surface area contributed by atoms with Crippen molar-refractivity contribution in [1.29, 1.82) is 0 Å². The summed E-state index contributed by atoms with van der Waals surface area (Å²) in [5.74, 6) is 0.0725. The number of unbranched alkanes of at least 4 members (excludes halogenated alkanes) is 11. The summed E-state index contributed by atoms with van der Waals surface area (Å²) in [5, 5.41) is 3.38. The monoisotopic (exact) mass is 451 g/mol. The first-order valence-corrected chi connectivity index (χ1v) is 14.4. The maximum absolute atomic E-state index is 11.9. The highest BCUT2D eigenvalue weighted by molar-refractivity contribution is 7.91. The molecule has 0 saturated heterocycles. The lowest BCUT2D eigenvalue weighted by atomic mass is 10.0. The SMILES string of the molecule is CC(C)CCCCCCCCCCCCCCNc1ccc(C(=O)CS(C)(=O)=O)cc1. The number of nitrogens with one attached hydrogen (secondary N) is 1. The van der Waals surface area contributed by atoms with E-state index in [4.69, 9.17) is 0 Å². The first kappa shape index (κ1) is 27.7. The Hall–Kier alpha value is -1.36. The number of hydrogen-bond donors (Lipinski definition) is 1. The Morgan fingerprint density at radius 2 is 1.23 bits per heavy atom. The topological polar surface area (TPSA) is 63.2 Å². The largest absolute Gasteiger partial charge is 0.385 e. The minimum absolute atomic E-state index is 0.351. The number of benzene rings is 1. The van der Waals surface area contributed by atoms with Crippen molar-refractivity contribution in [2.24, 2.45) is 5.92 Å². The second kappa shape index (κ2) is 16.3. The van der Waals surface area contributed by atoms with E-state index in [-0.39, 0.29) is 5.78 Å². The van der Waals surface area contributed by atoms with Crippen LogP contribution in [0.2, 0.25) is 0 Å². The molecule has 31 heavy (non-hydrogen) atoms. The zero-order valence-electron chi connectivity index (χ0n) is 20.1. The van der Waals surface area contributed by atoms with Crippen molar-refractivity contribution in [3.05, 3.63) is 29.8 Å². The van der Waals surface area contributed by atoms with Crippen LogP contribution >= 0.6 is 0 Å². The molecule has 0 amide bonds. The van der Waals surface area contributed by atoms with Crippen molar-refractivity contribution in [3.63, 3.8) is 0 Å². The second-order valence-corrected chi connectivity index (χ2v) is 11.6. The Balaban J connectivity index is 1.95. The van der Waals surface area contributed by atoms with Crippen molar-refractivity contribution in [3.8, 4) is 0 Å². The van der Waals surface area contributed by atoms with E-state index in [0.717, 1.165) is 30.8 Å². The Kier molecular flexibility index (Phi) is 14.5. The van der Waals surface area contributed by atoms with Crippen LogP contribution in [0.15, 0.2) is 24.3 Å². The van der Waals surface area contributed by atoms with Gasteiger partial charge in [0.2, 0.25) is 0 Å². The standard InChI is InChI=1S/C26H45NO3S/c1-23(2)16-14-12-10-8-6-4-5-7-9-11-13-15-21-27-25-19-17-24(18-20-25)26(28)22-31(3,29)30/h17-20,23,27H,4-16,21-22H2,1-3H3. The van der Waals surface area contributed by atoms with Crippen molar-refractivity contribution < 1.29 is 13.2 Å². The number of rotatable bonds is 19. The average molecular weight is 452 g/mol. The quantitative estimate of drug-likeness (QED) is 0.181. The van der Waals surface area contributed by atoms with Crippen molar-refractivity contribution in [2.75, 3.05) is 23.9 Å². The van der Waals surface area contributed by atoms with Gasteiger partial charge >= 0.3 is 0 Å². The van der Waals surface area contributed by atoms with Gasteiger partial charge in [-0.2, -0.15) is 0 Å². The number of carbonyl (C=O) groups excluding carboxylic acids is 1. The third-order valence-corrected chi connectivity index (χ3v) is 6.42. The molecule has 0 radical (unpaired) electrons. The number of hydrogen-bond acceptors (Lipinski definition) is 4. The Labute approximate surface area is 191 Å². The summed E-state index contributed by atoms with van der Waals surface area (Å²) in [7, 11) is -3.29. The predicted octanol–water partition coefficient (Wildman–Crippen LogP) is 7.05. The first-order valence-electron chi connectivity index (χ1n) is 12.3. The number of sulfone groups is 1. The second-order valence-electron chi connectivity index (χ2n) is 9.42. The summed E-state index contributed by atoms with van der Waals surface area (Å²) in [6.07, 6.45) is 18.7. The molecule has 0 aliphatic heterocycles. The van der Waals surface area contributed by atoms with E-state index in [0.29, 0.717) is 5.56 Å². The normalized spacial score (nSPS) is 11.7. The molecule has 0 bridgehead atoms. The maximum atomic E-state index is 11.9. The first-order chi connectivity index (χ1) is 14.8. The number of Topliss-reactive ketones (excluding diaryl/α,β-unsaturated/α-hetero) is 1. The van der Waals surface area contributed by atoms with Crippen LogP contribution in [-0.2, 0) is 9.84 Å². The summed E-state index contributed by atoms with van der Waals surface area (Å²) >= 11 is 0. The smallest absolute Gasteiger partial charge is 0.177 e. The third kappa shape index (κ3) is 16.0. The number of anilines is 1. The minimum atomic E-state index is -3.29. The van der Waals surface area contributed by atoms with Gasteiger partial charge in [0.15, 0.2) is 15.6 Å². The van der Waals surface area contributed by atoms with E-state index in [1.54, 1.807) is 12.1 Å². The van der Waals surface area contributed by atoms with Gasteiger partial charge in [-0.3, -0.25) is 4.79 Å². The summed E-state index contributed by atoms with van der Waals surface area (Å²) in [5.41, 5.74) is 1.42. The van der Waals surface area contributed by atoms with Crippen LogP contribution in [-0.4, -0.2) is 32.8 Å². The summed E-state index contributed by atoms with van der Waals surface area (Å²) < 4.78 is 22.5. The number of ketones is 1. The van der Waals surface area contributed by atoms with Gasteiger partial charge in [-0.15, -0.1) is 0 Å². The molecule has 0 heterocycles. The fraction of sp³-hybridized carbons (Fsp3) is 0.731. The van der Waals surface area contributed by atoms with Crippen LogP contribution in [0.5, 0.6) is 0 Å². The Morgan fingerprint density at radius 3 is 1.68 bits per heavy atom. The van der Waals surface area contributed by atoms with Gasteiger partial charge in [0.05, 0.1) is 0 Å². The molecule has 178 valence electrons. The van der Waals surface area contributed by atoms with Crippen LogP contribution in [0.25, 0.3) is 0 Å². The van der Waals surface area contributed by atoms with Gasteiger partial charge in [-0.1, -0.05) is 90.9 Å². The van der Waals surface area contributed by atoms with Gasteiger partial charge in [-0.05, 0) is 36.6 Å². The number of carbonyl (C=O) groups is 1. The Morgan fingerprint density at radius 1 is 0.774 bits per heavy atom. The fourth-order valence-corrected chi connectivity index (χ4v) is 4.42. The highest BCUT2D eigenvalue weighted by Gasteiger charge is 2.12. The molecule has 0 atom stereocenters. The highest BCUT2D eigenvalue weighted by Crippen LogP contribution is 2.15. The molecule has 0 fully saturated rings. The van der Waals surface area contributed by atoms with E-state index in [1.807, 2.05) is 12.1 Å². The van der Waals surface area contributed by atoms with Crippen molar-refractivity contribution in [2.45, 2.75) is 97.3 Å². The molecule has 0 aliphatic rings. The molecule has 0 saturated carbocycles. The zero-order valence-corrected chi connectivity index (χ0v) is 20.9. The van der Waals surface area contributed by atoms with Crippen LogP contribution in [0.1, 0.15) is 108 Å². The molecule has 0 aliphatic carbocycles. The summed E-state index contributed by atoms with van der Waals surface area (Å²) in [6, 6.07) is 7.09. The molecule has 1 aromatic carbocycles. The molecule has 1 rings (SSSR count). The highest BCUT2D eigenvalue weighted by atomic mass is 32.2. The summed E-state index contributed by atoms with van der Waals surface area (Å²) in [6.45, 7) is 5.55. The van der Waals surface area contributed by atoms with Gasteiger partial charge in [-0.25, -0.2) is 8.42 Å². The van der Waals surface area contributed by atoms with E-state index < -0.39 is 15.6 Å². The van der Waals surface area contributed by atoms with Crippen LogP contribution in [0, 0.1) is 5.92 Å². The minimum Gasteiger partial charge on any atom is -0.385 e. The molecule has 1 N–H and O–H groups in total. The van der Waals surface area contributed by atoms with Crippen molar-refractivity contribution in [1.82, 2.24) is 0 Å². The van der Waals surface area contributed by atoms with E-state index in [9.17, 15) is 13.2 Å². The Bertz CT molecular complexity index is 696. The lowest BCUT2D eigenvalue weighted by Gasteiger charge is -2.07. The molecule has 0 unspecified atom stereocenters. The zero-order chi connectivity index (χ0) is 23.0. The van der Waals surface area contributed by atoms with E-state index in [1.165, 1.54) is 77.0 Å². The van der Waals surface area contributed by atoms with Crippen molar-refractivity contribution >= 4 is 21.3 Å². The third-order valence-electron chi connectivity index (χ3n) is 5.64. The molecule has 1 aromatic rings. The molecular formula is C26H45NO3S. The van der Waals surface area contributed by atoms with Gasteiger partial charge < -0.3 is 5.32 Å². The van der Waals surface area contributed by atoms with E-state index in [2.05, 4.69) is 19.2 Å². The van der Waals surface area contributed by atoms with Gasteiger partial charge in [0, 0.05) is 24.1 Å². The van der Waals surface area contributed by atoms with E-state index >= 15 is 0 Å². The maximum Gasteiger partial charge on any atom is 0.177 e. The van der Waals surface area contributed by atoms with Crippen LogP contribution in [0.4, 0.5) is 5.69 Å². The van der Waals surface area contributed by atoms with Gasteiger partial charge in [0.25, 0.3) is 0 Å². The fourth-order valence-electron chi connectivity index (χ4n) is 3.77. The molecule has 0 aromatic heterocycles. The van der Waals surface area contributed by atoms with Gasteiger partial charge in [0.1, 0.15) is 5.75 Å². The predicted molar refractivity (Wildman–Crippen MR) is 134 cm³/mol. The van der Waals surface area contributed by atoms with Crippen LogP contribution < -0.4 is 5.32 Å². The van der Waals surface area contributed by atoms with Crippen LogP contribution in [0.3, 0.4) is 0 Å². The molecule has 5 heteroatoms. The lowest BCUT2D eigenvalue weighted by Crippen LogP contribution is -2.14.